The Kier molecular flexibility index (Phi) is 28.5. The number of unbranched alkanes of at least 4 members (excludes halogenated alkanes) is 15. The molecule has 1 saturated heterocycles. The minimum Gasteiger partial charge on any atom is -0.497 e. The Labute approximate surface area is 397 Å². The molecule has 0 aromatic heterocycles. The fourth-order valence-corrected chi connectivity index (χ4v) is 8.77. The van der Waals surface area contributed by atoms with Crippen LogP contribution in [0.3, 0.4) is 0 Å². The molecule has 1 aromatic carbocycles. The molecule has 14 heteroatoms. The molecule has 1 aliphatic carbocycles. The number of allylic oxidation sites excluding steroid dienone is 2. The first-order valence-corrected chi connectivity index (χ1v) is 26.8. The van der Waals surface area contributed by atoms with Gasteiger partial charge in [0.25, 0.3) is 0 Å². The van der Waals surface area contributed by atoms with Gasteiger partial charge < -0.3 is 33.1 Å². The molecular weight excluding hydrogens is 862 g/mol. The van der Waals surface area contributed by atoms with E-state index >= 15 is 0 Å². The Morgan fingerprint density at radius 1 is 0.818 bits per heavy atom. The largest absolute Gasteiger partial charge is 0.497 e. The van der Waals surface area contributed by atoms with Gasteiger partial charge >= 0.3 is 19.8 Å². The van der Waals surface area contributed by atoms with Gasteiger partial charge in [-0.2, -0.15) is 0 Å². The quantitative estimate of drug-likeness (QED) is 0.0127. The summed E-state index contributed by atoms with van der Waals surface area (Å²) in [6, 6.07) is 7.74. The first-order valence-electron chi connectivity index (χ1n) is 25.3. The third kappa shape index (κ3) is 26.0. The summed E-state index contributed by atoms with van der Waals surface area (Å²) in [5.74, 6) is -0.215. The van der Waals surface area contributed by atoms with E-state index in [0.717, 1.165) is 55.4 Å². The number of quaternary nitrogens is 1. The highest BCUT2D eigenvalue weighted by Crippen LogP contribution is 2.43. The van der Waals surface area contributed by atoms with Crippen LogP contribution in [0.25, 0.3) is 0 Å². The zero-order valence-electron chi connectivity index (χ0n) is 41.6. The average Bonchev–Trinajstić information content (AvgIpc) is 3.96. The number of hydrogen-bond donors (Lipinski definition) is 1. The molecule has 0 spiro atoms. The lowest BCUT2D eigenvalue weighted by molar-refractivity contribution is -0.870. The van der Waals surface area contributed by atoms with Gasteiger partial charge in [0.05, 0.1) is 53.7 Å². The van der Waals surface area contributed by atoms with E-state index in [4.69, 9.17) is 32.7 Å². The number of ketones is 1. The normalized spacial score (nSPS) is 20.5. The van der Waals surface area contributed by atoms with Crippen LogP contribution in [0.2, 0.25) is 0 Å². The Morgan fingerprint density at radius 3 is 2.08 bits per heavy atom. The van der Waals surface area contributed by atoms with Crippen molar-refractivity contribution >= 4 is 25.5 Å². The molecule has 6 atom stereocenters. The summed E-state index contributed by atoms with van der Waals surface area (Å²) >= 11 is 0. The molecule has 0 bridgehead atoms. The van der Waals surface area contributed by atoms with Gasteiger partial charge in [-0.15, -0.1) is 0 Å². The van der Waals surface area contributed by atoms with Gasteiger partial charge in [0.2, 0.25) is 0 Å². The molecule has 376 valence electrons. The van der Waals surface area contributed by atoms with Gasteiger partial charge in [0, 0.05) is 25.2 Å². The number of benzene rings is 1. The lowest BCUT2D eigenvalue weighted by Gasteiger charge is -2.24. The Hall–Kier alpha value is -2.90. The molecule has 3 rings (SSSR count). The first-order chi connectivity index (χ1) is 31.7. The fourth-order valence-electron chi connectivity index (χ4n) is 8.03. The van der Waals surface area contributed by atoms with Crippen LogP contribution in [0.15, 0.2) is 48.1 Å². The molecule has 2 fully saturated rings. The van der Waals surface area contributed by atoms with E-state index in [2.05, 4.69) is 26.0 Å². The SMILES string of the molecule is CCCCC/C=C\C[C@@H]1/C(=C\[C@H]2O[C@@H]2CCCC(=O)O[C@@H](COC(=O)CCCCCCCCCCCCCCC)COP(=O)(O)OCC[N+](C)(C)C)C(=O)C[C@H]1OCc1ccc(OC)cc1. The van der Waals surface area contributed by atoms with E-state index in [9.17, 15) is 23.8 Å². The number of methoxy groups -OCH3 is 1. The number of ether oxygens (including phenoxy) is 5. The van der Waals surface area contributed by atoms with E-state index in [0.29, 0.717) is 49.7 Å². The lowest BCUT2D eigenvalue weighted by Crippen LogP contribution is -2.37. The summed E-state index contributed by atoms with van der Waals surface area (Å²) in [6.45, 7) is 4.49. The van der Waals surface area contributed by atoms with Gasteiger partial charge in [-0.05, 0) is 67.9 Å². The standard InChI is InChI=1S/C52H86NO12P/c1-7-9-11-13-15-16-17-18-19-20-21-23-25-29-51(55)61-40-44(41-63-66(57,58)62-36-35-53(3,4)5)64-52(56)30-26-28-48-50(65-48)37-46-45(27-24-22-14-12-10-8-2)49(38-47(46)54)60-39-42-31-33-43(59-6)34-32-42/h22,24,31-34,37,44-45,48-50H,7-21,23,25-30,35-36,38-41H2,1-6H3/p+1/b24-22-,46-37+/t44-,45+,48+,49+,50+/m0/s1. The fraction of sp³-hybridized carbons (Fsp3) is 0.750. The summed E-state index contributed by atoms with van der Waals surface area (Å²) in [5.41, 5.74) is 1.75. The Bertz CT molecular complexity index is 1630. The number of esters is 2. The minimum atomic E-state index is -4.46. The number of epoxide rings is 1. The number of Topliss-reactive ketones (excluding diaryl/α,β-unsaturated/α-hetero) is 1. The highest BCUT2D eigenvalue weighted by Gasteiger charge is 2.43. The van der Waals surface area contributed by atoms with Crippen LogP contribution in [0.5, 0.6) is 5.75 Å². The summed E-state index contributed by atoms with van der Waals surface area (Å²) in [5, 5.41) is 0. The van der Waals surface area contributed by atoms with E-state index < -0.39 is 32.5 Å². The summed E-state index contributed by atoms with van der Waals surface area (Å²) in [7, 11) is 2.96. The van der Waals surface area contributed by atoms with Crippen molar-refractivity contribution in [2.75, 3.05) is 54.6 Å². The third-order valence-electron chi connectivity index (χ3n) is 12.2. The number of carbonyl (C=O) groups is 3. The molecule has 1 aromatic rings. The summed E-state index contributed by atoms with van der Waals surface area (Å²) in [4.78, 5) is 49.5. The monoisotopic (exact) mass is 949 g/mol. The van der Waals surface area contributed by atoms with Crippen molar-refractivity contribution in [3.63, 3.8) is 0 Å². The third-order valence-corrected chi connectivity index (χ3v) is 13.2. The average molecular weight is 949 g/mol. The number of nitrogens with zero attached hydrogens (tertiary/aromatic N) is 1. The van der Waals surface area contributed by atoms with Crippen molar-refractivity contribution in [2.24, 2.45) is 5.92 Å². The van der Waals surface area contributed by atoms with Crippen molar-refractivity contribution in [3.8, 4) is 5.75 Å². The maximum absolute atomic E-state index is 13.4. The second kappa shape index (κ2) is 32.8. The van der Waals surface area contributed by atoms with Crippen molar-refractivity contribution in [1.82, 2.24) is 0 Å². The Morgan fingerprint density at radius 2 is 1.44 bits per heavy atom. The van der Waals surface area contributed by atoms with Gasteiger partial charge in [0.15, 0.2) is 11.9 Å². The topological polar surface area (TPSA) is 156 Å². The number of rotatable bonds is 39. The number of likely N-dealkylation sites (N-methyl/N-ethyl adjacent to an activating group) is 1. The predicted molar refractivity (Wildman–Crippen MR) is 259 cm³/mol. The molecule has 1 N–H and O–H groups in total. The highest BCUT2D eigenvalue weighted by atomic mass is 31.2. The smallest absolute Gasteiger partial charge is 0.472 e. The van der Waals surface area contributed by atoms with E-state index in [1.165, 1.54) is 64.2 Å². The van der Waals surface area contributed by atoms with Crippen LogP contribution >= 0.6 is 7.82 Å². The summed E-state index contributed by atoms with van der Waals surface area (Å²) < 4.78 is 52.3. The number of hydrogen-bond acceptors (Lipinski definition) is 11. The van der Waals surface area contributed by atoms with Gasteiger partial charge in [-0.3, -0.25) is 23.4 Å². The first kappa shape index (κ1) is 57.4. The zero-order valence-corrected chi connectivity index (χ0v) is 42.5. The molecule has 0 radical (unpaired) electrons. The van der Waals surface area contributed by atoms with Crippen LogP contribution in [0.4, 0.5) is 0 Å². The van der Waals surface area contributed by atoms with Crippen molar-refractivity contribution < 1.29 is 61.1 Å². The second-order valence-corrected chi connectivity index (χ2v) is 20.6. The van der Waals surface area contributed by atoms with Crippen LogP contribution in [-0.4, -0.2) is 106 Å². The van der Waals surface area contributed by atoms with E-state index in [1.54, 1.807) is 7.11 Å². The number of phosphoric acid groups is 1. The molecule has 66 heavy (non-hydrogen) atoms. The summed E-state index contributed by atoms with van der Waals surface area (Å²) in [6.07, 6.45) is 27.0. The van der Waals surface area contributed by atoms with Gasteiger partial charge in [0.1, 0.15) is 31.6 Å². The molecule has 1 saturated carbocycles. The Balaban J connectivity index is 1.47. The maximum atomic E-state index is 13.4. The predicted octanol–water partition coefficient (Wildman–Crippen LogP) is 11.3. The van der Waals surface area contributed by atoms with Crippen molar-refractivity contribution in [2.45, 2.75) is 193 Å². The number of carbonyl (C=O) groups excluding carboxylic acids is 3. The minimum absolute atomic E-state index is 0.0132. The molecule has 1 aliphatic heterocycles. The molecule has 1 heterocycles. The maximum Gasteiger partial charge on any atom is 0.472 e. The van der Waals surface area contributed by atoms with Crippen LogP contribution < -0.4 is 4.74 Å². The van der Waals surface area contributed by atoms with Crippen LogP contribution in [0.1, 0.15) is 167 Å². The molecular formula is C52H87NO12P+. The lowest BCUT2D eigenvalue weighted by atomic mass is 9.94. The van der Waals surface area contributed by atoms with Gasteiger partial charge in [-0.25, -0.2) is 4.57 Å². The van der Waals surface area contributed by atoms with Gasteiger partial charge in [-0.1, -0.05) is 128 Å². The highest BCUT2D eigenvalue weighted by molar-refractivity contribution is 7.47. The van der Waals surface area contributed by atoms with Crippen molar-refractivity contribution in [1.29, 1.82) is 0 Å². The van der Waals surface area contributed by atoms with Crippen LogP contribution in [-0.2, 0) is 53.6 Å². The van der Waals surface area contributed by atoms with E-state index in [1.807, 2.05) is 51.5 Å². The molecule has 2 aliphatic rings. The van der Waals surface area contributed by atoms with Crippen molar-refractivity contribution in [3.05, 3.63) is 53.6 Å². The van der Waals surface area contributed by atoms with Crippen LogP contribution in [0, 0.1) is 5.92 Å². The molecule has 1 unspecified atom stereocenters. The zero-order chi connectivity index (χ0) is 48.0. The number of phosphoric ester groups is 1. The molecule has 13 nitrogen and oxygen atoms in total. The second-order valence-electron chi connectivity index (χ2n) is 19.2. The molecule has 0 amide bonds. The van der Waals surface area contributed by atoms with E-state index in [-0.39, 0.29) is 56.1 Å².